The first-order valence-electron chi connectivity index (χ1n) is 5.50. The lowest BCUT2D eigenvalue weighted by Crippen LogP contribution is -1.99. The summed E-state index contributed by atoms with van der Waals surface area (Å²) < 4.78 is 26.6. The van der Waals surface area contributed by atoms with Crippen LogP contribution in [0.15, 0.2) is 54.6 Å². The molecule has 100 valence electrons. The Labute approximate surface area is 111 Å². The summed E-state index contributed by atoms with van der Waals surface area (Å²) in [5.41, 5.74) is 0. The van der Waals surface area contributed by atoms with Crippen molar-refractivity contribution >= 4 is 7.82 Å². The van der Waals surface area contributed by atoms with Crippen LogP contribution in [0.5, 0.6) is 17.2 Å². The zero-order chi connectivity index (χ0) is 13.7. The van der Waals surface area contributed by atoms with Gasteiger partial charge in [0.2, 0.25) is 0 Å². The Morgan fingerprint density at radius 2 is 1.32 bits per heavy atom. The maximum atomic E-state index is 11.8. The second-order valence-corrected chi connectivity index (χ2v) is 4.94. The number of benzene rings is 2. The van der Waals surface area contributed by atoms with Gasteiger partial charge in [0.05, 0.1) is 7.11 Å². The molecule has 0 saturated heterocycles. The highest BCUT2D eigenvalue weighted by Gasteiger charge is 2.24. The Balaban J connectivity index is 2.06. The van der Waals surface area contributed by atoms with E-state index in [1.807, 2.05) is 0 Å². The molecule has 0 aliphatic rings. The van der Waals surface area contributed by atoms with E-state index in [4.69, 9.17) is 13.8 Å². The topological polar surface area (TPSA) is 65.0 Å². The average Bonchev–Trinajstić information content (AvgIpc) is 2.39. The van der Waals surface area contributed by atoms with Crippen molar-refractivity contribution in [3.8, 4) is 17.2 Å². The van der Waals surface area contributed by atoms with Crippen molar-refractivity contribution in [2.24, 2.45) is 0 Å². The lowest BCUT2D eigenvalue weighted by molar-refractivity contribution is 0.290. The smallest absolute Gasteiger partial charge is 0.497 e. The first-order chi connectivity index (χ1) is 9.09. The van der Waals surface area contributed by atoms with Gasteiger partial charge >= 0.3 is 7.82 Å². The summed E-state index contributed by atoms with van der Waals surface area (Å²) in [4.78, 5) is 9.63. The summed E-state index contributed by atoms with van der Waals surface area (Å²) in [5.74, 6) is 1.12. The number of methoxy groups -OCH3 is 1. The summed E-state index contributed by atoms with van der Waals surface area (Å²) in [6.45, 7) is 0. The van der Waals surface area contributed by atoms with Gasteiger partial charge in [0.25, 0.3) is 0 Å². The summed E-state index contributed by atoms with van der Waals surface area (Å²) in [5, 5.41) is 0. The zero-order valence-corrected chi connectivity index (χ0v) is 11.1. The molecule has 0 amide bonds. The molecule has 2 rings (SSSR count). The maximum absolute atomic E-state index is 11.8. The van der Waals surface area contributed by atoms with E-state index in [-0.39, 0.29) is 11.5 Å². The number of phosphoric acid groups is 1. The van der Waals surface area contributed by atoms with E-state index >= 15 is 0 Å². The lowest BCUT2D eigenvalue weighted by atomic mass is 10.3. The van der Waals surface area contributed by atoms with Gasteiger partial charge in [-0.1, -0.05) is 18.2 Å². The van der Waals surface area contributed by atoms with Crippen molar-refractivity contribution in [1.82, 2.24) is 0 Å². The second kappa shape index (κ2) is 5.78. The Morgan fingerprint density at radius 1 is 0.842 bits per heavy atom. The molecule has 2 aromatic carbocycles. The Bertz CT molecular complexity index is 567. The third-order valence-corrected chi connectivity index (χ3v) is 3.13. The minimum absolute atomic E-state index is 0.225. The molecule has 0 spiro atoms. The minimum atomic E-state index is -4.20. The molecule has 0 radical (unpaired) electrons. The van der Waals surface area contributed by atoms with Gasteiger partial charge in [-0.25, -0.2) is 4.57 Å². The van der Waals surface area contributed by atoms with Gasteiger partial charge in [0, 0.05) is 0 Å². The molecule has 0 heterocycles. The quantitative estimate of drug-likeness (QED) is 0.852. The van der Waals surface area contributed by atoms with E-state index in [9.17, 15) is 9.46 Å². The molecule has 0 fully saturated rings. The van der Waals surface area contributed by atoms with Crippen LogP contribution in [-0.2, 0) is 4.57 Å². The number of rotatable bonds is 5. The van der Waals surface area contributed by atoms with E-state index in [2.05, 4.69) is 0 Å². The molecule has 2 aromatic rings. The molecule has 1 N–H and O–H groups in total. The fraction of sp³-hybridized carbons (Fsp3) is 0.0769. The van der Waals surface area contributed by atoms with Gasteiger partial charge < -0.3 is 13.8 Å². The van der Waals surface area contributed by atoms with Crippen LogP contribution in [0.4, 0.5) is 0 Å². The van der Waals surface area contributed by atoms with Crippen molar-refractivity contribution < 1.29 is 23.2 Å². The number of hydrogen-bond donors (Lipinski definition) is 1. The minimum Gasteiger partial charge on any atom is -0.497 e. The van der Waals surface area contributed by atoms with Crippen LogP contribution in [0.3, 0.4) is 0 Å². The standard InChI is InChI=1S/C13H13O5P/c1-16-11-7-9-13(10-8-11)18-19(14,15)17-12-5-3-2-4-6-12/h2-10H,1H3,(H,14,15). The van der Waals surface area contributed by atoms with Crippen LogP contribution in [0.25, 0.3) is 0 Å². The van der Waals surface area contributed by atoms with Gasteiger partial charge in [-0.3, -0.25) is 4.89 Å². The summed E-state index contributed by atoms with van der Waals surface area (Å²) in [7, 11) is -2.67. The highest BCUT2D eigenvalue weighted by Crippen LogP contribution is 2.44. The van der Waals surface area contributed by atoms with Crippen LogP contribution in [0, 0.1) is 0 Å². The number of hydrogen-bond acceptors (Lipinski definition) is 4. The molecule has 1 unspecified atom stereocenters. The highest BCUT2D eigenvalue weighted by atomic mass is 31.2. The molecular weight excluding hydrogens is 267 g/mol. The van der Waals surface area contributed by atoms with Gasteiger partial charge in [-0.05, 0) is 36.4 Å². The third kappa shape index (κ3) is 4.02. The van der Waals surface area contributed by atoms with Gasteiger partial charge in [-0.15, -0.1) is 0 Å². The summed E-state index contributed by atoms with van der Waals surface area (Å²) in [6.07, 6.45) is 0. The Kier molecular flexibility index (Phi) is 4.10. The van der Waals surface area contributed by atoms with Crippen molar-refractivity contribution in [2.75, 3.05) is 7.11 Å². The molecular formula is C13H13O5P. The fourth-order valence-corrected chi connectivity index (χ4v) is 2.22. The molecule has 0 aliphatic heterocycles. The summed E-state index contributed by atoms with van der Waals surface area (Å²) in [6, 6.07) is 14.6. The highest BCUT2D eigenvalue weighted by molar-refractivity contribution is 7.48. The molecule has 1 atom stereocenters. The Hall–Kier alpha value is -1.97. The van der Waals surface area contributed by atoms with Gasteiger partial charge in [0.1, 0.15) is 17.2 Å². The molecule has 0 aliphatic carbocycles. The van der Waals surface area contributed by atoms with E-state index < -0.39 is 7.82 Å². The normalized spacial score (nSPS) is 13.4. The van der Waals surface area contributed by atoms with Crippen LogP contribution in [-0.4, -0.2) is 12.0 Å². The second-order valence-electron chi connectivity index (χ2n) is 3.64. The van der Waals surface area contributed by atoms with Crippen LogP contribution < -0.4 is 13.8 Å². The molecule has 0 aromatic heterocycles. The molecule has 5 nitrogen and oxygen atoms in total. The van der Waals surface area contributed by atoms with E-state index in [1.54, 1.807) is 42.5 Å². The van der Waals surface area contributed by atoms with Crippen LogP contribution in [0.2, 0.25) is 0 Å². The predicted molar refractivity (Wildman–Crippen MR) is 70.5 cm³/mol. The molecule has 6 heteroatoms. The maximum Gasteiger partial charge on any atom is 0.584 e. The van der Waals surface area contributed by atoms with E-state index in [1.165, 1.54) is 19.2 Å². The molecule has 19 heavy (non-hydrogen) atoms. The van der Waals surface area contributed by atoms with E-state index in [0.717, 1.165) is 0 Å². The van der Waals surface area contributed by atoms with E-state index in [0.29, 0.717) is 5.75 Å². The first kappa shape index (κ1) is 13.5. The van der Waals surface area contributed by atoms with Gasteiger partial charge in [-0.2, -0.15) is 0 Å². The number of phosphoric ester groups is 1. The van der Waals surface area contributed by atoms with Gasteiger partial charge in [0.15, 0.2) is 0 Å². The number of ether oxygens (including phenoxy) is 1. The Morgan fingerprint density at radius 3 is 1.84 bits per heavy atom. The zero-order valence-electron chi connectivity index (χ0n) is 10.2. The van der Waals surface area contributed by atoms with Crippen LogP contribution in [0.1, 0.15) is 0 Å². The molecule has 0 saturated carbocycles. The van der Waals surface area contributed by atoms with Crippen molar-refractivity contribution in [3.05, 3.63) is 54.6 Å². The van der Waals surface area contributed by atoms with Crippen LogP contribution >= 0.6 is 7.82 Å². The average molecular weight is 280 g/mol. The summed E-state index contributed by atoms with van der Waals surface area (Å²) >= 11 is 0. The third-order valence-electron chi connectivity index (χ3n) is 2.24. The molecule has 0 bridgehead atoms. The first-order valence-corrected chi connectivity index (χ1v) is 7.00. The van der Waals surface area contributed by atoms with Crippen molar-refractivity contribution in [1.29, 1.82) is 0 Å². The monoisotopic (exact) mass is 280 g/mol. The SMILES string of the molecule is COc1ccc(OP(=O)(O)Oc2ccccc2)cc1. The largest absolute Gasteiger partial charge is 0.584 e. The number of para-hydroxylation sites is 1. The van der Waals surface area contributed by atoms with Crippen molar-refractivity contribution in [2.45, 2.75) is 0 Å². The fourth-order valence-electron chi connectivity index (χ4n) is 1.40. The van der Waals surface area contributed by atoms with Crippen molar-refractivity contribution in [3.63, 3.8) is 0 Å². The lowest BCUT2D eigenvalue weighted by Gasteiger charge is -2.13. The predicted octanol–water partition coefficient (Wildman–Crippen LogP) is 3.25.